The fourth-order valence-electron chi connectivity index (χ4n) is 3.18. The molecule has 10 heteroatoms. The SMILES string of the molecule is O=C(NOC1CCCCO1)C1CCN(S(=O)(=O)c2cc(Cl)ccc2Cl)CC1. The van der Waals surface area contributed by atoms with Crippen molar-refractivity contribution in [2.24, 2.45) is 5.92 Å². The van der Waals surface area contributed by atoms with Crippen molar-refractivity contribution in [2.75, 3.05) is 19.7 Å². The smallest absolute Gasteiger partial charge is 0.246 e. The molecule has 1 atom stereocenters. The number of rotatable bonds is 5. The molecular formula is C17H22Cl2N2O5S. The van der Waals surface area contributed by atoms with Gasteiger partial charge in [-0.15, -0.1) is 0 Å². The molecular weight excluding hydrogens is 415 g/mol. The number of halogens is 2. The highest BCUT2D eigenvalue weighted by atomic mass is 35.5. The number of benzene rings is 1. The third-order valence-electron chi connectivity index (χ3n) is 4.76. The zero-order valence-electron chi connectivity index (χ0n) is 14.7. The standard InChI is InChI=1S/C17H22Cl2N2O5S/c18-13-4-5-14(19)15(11-13)27(23,24)21-8-6-12(7-9-21)17(22)20-26-16-3-1-2-10-25-16/h4-5,11-12,16H,1-3,6-10H2,(H,20,22). The quantitative estimate of drug-likeness (QED) is 0.716. The van der Waals surface area contributed by atoms with Crippen molar-refractivity contribution in [3.8, 4) is 0 Å². The number of ether oxygens (including phenoxy) is 1. The Labute approximate surface area is 168 Å². The number of hydroxylamine groups is 1. The van der Waals surface area contributed by atoms with Crippen LogP contribution in [0.2, 0.25) is 10.0 Å². The van der Waals surface area contributed by atoms with Gasteiger partial charge in [0.15, 0.2) is 6.29 Å². The van der Waals surface area contributed by atoms with E-state index in [1.165, 1.54) is 22.5 Å². The van der Waals surface area contributed by atoms with Crippen LogP contribution in [-0.2, 0) is 24.4 Å². The molecule has 2 aliphatic heterocycles. The van der Waals surface area contributed by atoms with Gasteiger partial charge in [0.25, 0.3) is 0 Å². The van der Waals surface area contributed by atoms with Crippen LogP contribution in [0.4, 0.5) is 0 Å². The molecule has 0 radical (unpaired) electrons. The van der Waals surface area contributed by atoms with Gasteiger partial charge in [0.2, 0.25) is 15.9 Å². The van der Waals surface area contributed by atoms with Gasteiger partial charge < -0.3 is 4.74 Å². The number of amides is 1. The van der Waals surface area contributed by atoms with Crippen molar-refractivity contribution in [3.63, 3.8) is 0 Å². The van der Waals surface area contributed by atoms with Crippen molar-refractivity contribution in [1.82, 2.24) is 9.79 Å². The average molecular weight is 437 g/mol. The first-order chi connectivity index (χ1) is 12.9. The number of sulfonamides is 1. The van der Waals surface area contributed by atoms with E-state index in [-0.39, 0.29) is 34.8 Å². The molecule has 1 unspecified atom stereocenters. The van der Waals surface area contributed by atoms with E-state index in [0.717, 1.165) is 19.3 Å². The molecule has 27 heavy (non-hydrogen) atoms. The largest absolute Gasteiger partial charge is 0.350 e. The number of nitrogens with zero attached hydrogens (tertiary/aromatic N) is 1. The number of carbonyl (C=O) groups excluding carboxylic acids is 1. The fourth-order valence-corrected chi connectivity index (χ4v) is 5.39. The number of piperidine rings is 1. The third-order valence-corrected chi connectivity index (χ3v) is 7.38. The molecule has 2 saturated heterocycles. The molecule has 1 aromatic carbocycles. The molecule has 1 N–H and O–H groups in total. The van der Waals surface area contributed by atoms with Gasteiger partial charge in [-0.1, -0.05) is 23.2 Å². The Hall–Kier alpha value is -0.900. The Morgan fingerprint density at radius 3 is 2.59 bits per heavy atom. The van der Waals surface area contributed by atoms with E-state index in [9.17, 15) is 13.2 Å². The van der Waals surface area contributed by atoms with Crippen LogP contribution in [0.5, 0.6) is 0 Å². The first-order valence-corrected chi connectivity index (χ1v) is 11.1. The summed E-state index contributed by atoms with van der Waals surface area (Å²) in [5.41, 5.74) is 2.45. The van der Waals surface area contributed by atoms with E-state index in [1.807, 2.05) is 0 Å². The molecule has 1 aromatic rings. The van der Waals surface area contributed by atoms with Crippen LogP contribution in [0.3, 0.4) is 0 Å². The molecule has 0 aliphatic carbocycles. The molecule has 0 spiro atoms. The van der Waals surface area contributed by atoms with Crippen molar-refractivity contribution in [3.05, 3.63) is 28.2 Å². The molecule has 0 aromatic heterocycles. The Morgan fingerprint density at radius 2 is 1.93 bits per heavy atom. The lowest BCUT2D eigenvalue weighted by Crippen LogP contribution is -2.44. The highest BCUT2D eigenvalue weighted by Crippen LogP contribution is 2.30. The number of hydrogen-bond donors (Lipinski definition) is 1. The first-order valence-electron chi connectivity index (χ1n) is 8.90. The lowest BCUT2D eigenvalue weighted by molar-refractivity contribution is -0.202. The van der Waals surface area contributed by atoms with Gasteiger partial charge >= 0.3 is 0 Å². The molecule has 2 fully saturated rings. The van der Waals surface area contributed by atoms with Crippen LogP contribution in [0, 0.1) is 5.92 Å². The summed E-state index contributed by atoms with van der Waals surface area (Å²) >= 11 is 11.9. The van der Waals surface area contributed by atoms with E-state index >= 15 is 0 Å². The lowest BCUT2D eigenvalue weighted by atomic mass is 9.98. The normalized spacial score (nSPS) is 22.5. The molecule has 7 nitrogen and oxygen atoms in total. The van der Waals surface area contributed by atoms with Gasteiger partial charge in [0.1, 0.15) is 4.90 Å². The van der Waals surface area contributed by atoms with Crippen LogP contribution < -0.4 is 5.48 Å². The Kier molecular flexibility index (Phi) is 6.99. The second-order valence-electron chi connectivity index (χ2n) is 6.63. The first kappa shape index (κ1) is 20.8. The average Bonchev–Trinajstić information content (AvgIpc) is 2.68. The van der Waals surface area contributed by atoms with Crippen LogP contribution in [-0.4, -0.2) is 44.6 Å². The van der Waals surface area contributed by atoms with Crippen LogP contribution in [0.15, 0.2) is 23.1 Å². The summed E-state index contributed by atoms with van der Waals surface area (Å²) in [5, 5.41) is 0.425. The van der Waals surface area contributed by atoms with Crippen molar-refractivity contribution < 1.29 is 22.8 Å². The zero-order valence-corrected chi connectivity index (χ0v) is 17.0. The monoisotopic (exact) mass is 436 g/mol. The summed E-state index contributed by atoms with van der Waals surface area (Å²) in [7, 11) is -3.76. The Morgan fingerprint density at radius 1 is 1.19 bits per heavy atom. The van der Waals surface area contributed by atoms with Gasteiger partial charge in [0, 0.05) is 37.1 Å². The minimum Gasteiger partial charge on any atom is -0.350 e. The summed E-state index contributed by atoms with van der Waals surface area (Å²) in [6.07, 6.45) is 3.14. The van der Waals surface area contributed by atoms with E-state index in [1.54, 1.807) is 0 Å². The second-order valence-corrected chi connectivity index (χ2v) is 9.38. The number of hydrogen-bond acceptors (Lipinski definition) is 5. The minimum absolute atomic E-state index is 0.0163. The van der Waals surface area contributed by atoms with Crippen LogP contribution in [0.1, 0.15) is 32.1 Å². The summed E-state index contributed by atoms with van der Waals surface area (Å²) < 4.78 is 32.4. The highest BCUT2D eigenvalue weighted by molar-refractivity contribution is 7.89. The summed E-state index contributed by atoms with van der Waals surface area (Å²) in [4.78, 5) is 17.6. The maximum absolute atomic E-state index is 12.8. The Bertz CT molecular complexity index is 776. The number of nitrogens with one attached hydrogen (secondary N) is 1. The molecule has 1 amide bonds. The van der Waals surface area contributed by atoms with E-state index in [2.05, 4.69) is 5.48 Å². The zero-order chi connectivity index (χ0) is 19.4. The predicted octanol–water partition coefficient (Wildman–Crippen LogP) is 2.97. The lowest BCUT2D eigenvalue weighted by Gasteiger charge is -2.31. The maximum atomic E-state index is 12.8. The predicted molar refractivity (Wildman–Crippen MR) is 101 cm³/mol. The van der Waals surface area contributed by atoms with Gasteiger partial charge in [-0.3, -0.25) is 4.79 Å². The second kappa shape index (κ2) is 9.07. The van der Waals surface area contributed by atoms with E-state index in [0.29, 0.717) is 24.5 Å². The highest BCUT2D eigenvalue weighted by Gasteiger charge is 2.33. The minimum atomic E-state index is -3.76. The summed E-state index contributed by atoms with van der Waals surface area (Å²) in [6.45, 7) is 1.08. The topological polar surface area (TPSA) is 84.9 Å². The molecule has 0 saturated carbocycles. The van der Waals surface area contributed by atoms with E-state index in [4.69, 9.17) is 32.8 Å². The van der Waals surface area contributed by atoms with Crippen molar-refractivity contribution >= 4 is 39.1 Å². The van der Waals surface area contributed by atoms with Crippen molar-refractivity contribution in [2.45, 2.75) is 43.3 Å². The number of carbonyl (C=O) groups is 1. The van der Waals surface area contributed by atoms with Gasteiger partial charge in [-0.2, -0.15) is 4.31 Å². The molecule has 150 valence electrons. The fraction of sp³-hybridized carbons (Fsp3) is 0.588. The molecule has 2 heterocycles. The van der Waals surface area contributed by atoms with Crippen molar-refractivity contribution in [1.29, 1.82) is 0 Å². The van der Waals surface area contributed by atoms with Gasteiger partial charge in [-0.05, 0) is 43.9 Å². The third kappa shape index (κ3) is 5.13. The molecule has 0 bridgehead atoms. The summed E-state index contributed by atoms with van der Waals surface area (Å²) in [6, 6.07) is 4.34. The van der Waals surface area contributed by atoms with Crippen LogP contribution >= 0.6 is 23.2 Å². The maximum Gasteiger partial charge on any atom is 0.246 e. The molecule has 3 rings (SSSR count). The van der Waals surface area contributed by atoms with Gasteiger partial charge in [-0.25, -0.2) is 18.7 Å². The molecule has 2 aliphatic rings. The van der Waals surface area contributed by atoms with E-state index < -0.39 is 16.3 Å². The Balaban J connectivity index is 1.54. The van der Waals surface area contributed by atoms with Crippen LogP contribution in [0.25, 0.3) is 0 Å². The van der Waals surface area contributed by atoms with Gasteiger partial charge in [0.05, 0.1) is 5.02 Å². The summed E-state index contributed by atoms with van der Waals surface area (Å²) in [5.74, 6) is -0.558.